The van der Waals surface area contributed by atoms with Crippen LogP contribution in [0.5, 0.6) is 11.5 Å². The van der Waals surface area contributed by atoms with E-state index in [0.717, 1.165) is 36.7 Å². The maximum atomic E-state index is 13.8. The molecule has 2 aromatic carbocycles. The molecular weight excluding hydrogens is 397 g/mol. The fourth-order valence-corrected chi connectivity index (χ4v) is 3.89. The number of piperazine rings is 1. The van der Waals surface area contributed by atoms with Crippen LogP contribution >= 0.6 is 0 Å². The van der Waals surface area contributed by atoms with Crippen LogP contribution in [0, 0.1) is 12.7 Å². The minimum absolute atomic E-state index is 0.0841. The lowest BCUT2D eigenvalue weighted by atomic mass is 10.1. The molecule has 0 saturated carbocycles. The van der Waals surface area contributed by atoms with Crippen LogP contribution in [0.3, 0.4) is 0 Å². The van der Waals surface area contributed by atoms with Crippen molar-refractivity contribution in [3.8, 4) is 11.5 Å². The summed E-state index contributed by atoms with van der Waals surface area (Å²) in [5.74, 6) is 1.31. The third-order valence-electron chi connectivity index (χ3n) is 5.76. The molecular formula is C24H32FN3O3. The number of hydrogen-bond donors (Lipinski definition) is 0. The first kappa shape index (κ1) is 23.0. The van der Waals surface area contributed by atoms with Crippen molar-refractivity contribution in [2.75, 3.05) is 54.0 Å². The molecule has 1 amide bonds. The van der Waals surface area contributed by atoms with Gasteiger partial charge in [-0.2, -0.15) is 0 Å². The second kappa shape index (κ2) is 10.6. The van der Waals surface area contributed by atoms with Crippen molar-refractivity contribution in [3.05, 3.63) is 58.9 Å². The van der Waals surface area contributed by atoms with E-state index in [4.69, 9.17) is 9.47 Å². The third-order valence-corrected chi connectivity index (χ3v) is 5.76. The number of halogens is 1. The summed E-state index contributed by atoms with van der Waals surface area (Å²) in [6.45, 7) is 6.59. The number of methoxy groups -OCH3 is 2. The monoisotopic (exact) mass is 429 g/mol. The van der Waals surface area contributed by atoms with Gasteiger partial charge in [0.2, 0.25) is 5.91 Å². The average molecular weight is 430 g/mol. The molecule has 1 aliphatic rings. The summed E-state index contributed by atoms with van der Waals surface area (Å²) >= 11 is 0. The number of aryl methyl sites for hydroxylation is 1. The van der Waals surface area contributed by atoms with Crippen LogP contribution in [0.15, 0.2) is 36.4 Å². The van der Waals surface area contributed by atoms with Crippen molar-refractivity contribution >= 4 is 5.91 Å². The van der Waals surface area contributed by atoms with Crippen molar-refractivity contribution in [2.45, 2.75) is 20.0 Å². The number of hydrogen-bond acceptors (Lipinski definition) is 5. The molecule has 1 aliphatic heterocycles. The van der Waals surface area contributed by atoms with Crippen molar-refractivity contribution in [3.63, 3.8) is 0 Å². The van der Waals surface area contributed by atoms with Crippen LogP contribution in [0.25, 0.3) is 0 Å². The number of benzene rings is 2. The van der Waals surface area contributed by atoms with Crippen LogP contribution < -0.4 is 9.47 Å². The molecule has 0 aliphatic carbocycles. The van der Waals surface area contributed by atoms with E-state index in [1.165, 1.54) is 11.6 Å². The van der Waals surface area contributed by atoms with Crippen LogP contribution in [-0.4, -0.2) is 74.6 Å². The van der Waals surface area contributed by atoms with Crippen molar-refractivity contribution in [2.24, 2.45) is 0 Å². The zero-order valence-electron chi connectivity index (χ0n) is 18.9. The average Bonchev–Trinajstić information content (AvgIpc) is 2.76. The lowest BCUT2D eigenvalue weighted by Crippen LogP contribution is -2.50. The number of carbonyl (C=O) groups is 1. The summed E-state index contributed by atoms with van der Waals surface area (Å²) < 4.78 is 24.6. The van der Waals surface area contributed by atoms with Gasteiger partial charge in [-0.25, -0.2) is 4.39 Å². The zero-order chi connectivity index (χ0) is 22.4. The van der Waals surface area contributed by atoms with E-state index < -0.39 is 0 Å². The summed E-state index contributed by atoms with van der Waals surface area (Å²) in [4.78, 5) is 18.8. The van der Waals surface area contributed by atoms with Crippen molar-refractivity contribution in [1.29, 1.82) is 0 Å². The Kier molecular flexibility index (Phi) is 7.87. The maximum Gasteiger partial charge on any atom is 0.236 e. The highest BCUT2D eigenvalue weighted by atomic mass is 19.1. The van der Waals surface area contributed by atoms with Crippen LogP contribution in [0.4, 0.5) is 4.39 Å². The molecule has 0 bridgehead atoms. The normalized spacial score (nSPS) is 14.7. The van der Waals surface area contributed by atoms with E-state index in [2.05, 4.69) is 11.8 Å². The maximum absolute atomic E-state index is 13.8. The standard InChI is InChI=1S/C24H32FN3O3/c1-18-13-22(30-3)23(31-4)14-20(18)16-27-9-11-28(12-10-27)24(29)17-26(2)15-19-7-5-6-8-21(19)25/h5-8,13-14H,9-12,15-17H2,1-4H3. The summed E-state index contributed by atoms with van der Waals surface area (Å²) in [5.41, 5.74) is 2.96. The van der Waals surface area contributed by atoms with Crippen molar-refractivity contribution < 1.29 is 18.7 Å². The number of ether oxygens (including phenoxy) is 2. The van der Waals surface area contributed by atoms with E-state index in [1.807, 2.05) is 35.0 Å². The topological polar surface area (TPSA) is 45.2 Å². The zero-order valence-corrected chi connectivity index (χ0v) is 18.9. The Hall–Kier alpha value is -2.64. The minimum atomic E-state index is -0.235. The van der Waals surface area contributed by atoms with Gasteiger partial charge >= 0.3 is 0 Å². The van der Waals surface area contributed by atoms with Gasteiger partial charge in [-0.1, -0.05) is 18.2 Å². The summed E-state index contributed by atoms with van der Waals surface area (Å²) in [5, 5.41) is 0. The quantitative estimate of drug-likeness (QED) is 0.646. The molecule has 3 rings (SSSR count). The largest absolute Gasteiger partial charge is 0.493 e. The van der Waals surface area contributed by atoms with Crippen LogP contribution in [0.2, 0.25) is 0 Å². The molecule has 1 fully saturated rings. The van der Waals surface area contributed by atoms with Crippen molar-refractivity contribution in [1.82, 2.24) is 14.7 Å². The second-order valence-corrected chi connectivity index (χ2v) is 8.05. The molecule has 0 N–H and O–H groups in total. The predicted octanol–water partition coefficient (Wildman–Crippen LogP) is 2.93. The Balaban J connectivity index is 1.50. The fraction of sp³-hybridized carbons (Fsp3) is 0.458. The van der Waals surface area contributed by atoms with E-state index in [1.54, 1.807) is 26.4 Å². The Morgan fingerprint density at radius 1 is 1.03 bits per heavy atom. The van der Waals surface area contributed by atoms with Gasteiger partial charge in [-0.15, -0.1) is 0 Å². The Bertz CT molecular complexity index is 898. The predicted molar refractivity (Wildman–Crippen MR) is 119 cm³/mol. The third kappa shape index (κ3) is 5.95. The van der Waals surface area contributed by atoms with E-state index in [9.17, 15) is 9.18 Å². The first-order valence-corrected chi connectivity index (χ1v) is 10.5. The summed E-state index contributed by atoms with van der Waals surface area (Å²) in [6, 6.07) is 10.7. The highest BCUT2D eigenvalue weighted by Crippen LogP contribution is 2.31. The van der Waals surface area contributed by atoms with E-state index in [-0.39, 0.29) is 18.3 Å². The Labute approximate surface area is 184 Å². The lowest BCUT2D eigenvalue weighted by molar-refractivity contribution is -0.134. The molecule has 1 saturated heterocycles. The lowest BCUT2D eigenvalue weighted by Gasteiger charge is -2.35. The van der Waals surface area contributed by atoms with Gasteiger partial charge in [0.15, 0.2) is 11.5 Å². The molecule has 0 radical (unpaired) electrons. The van der Waals surface area contributed by atoms with Gasteiger partial charge in [0.25, 0.3) is 0 Å². The summed E-state index contributed by atoms with van der Waals surface area (Å²) in [6.07, 6.45) is 0. The molecule has 6 nitrogen and oxygen atoms in total. The number of carbonyl (C=O) groups excluding carboxylic acids is 1. The van der Waals surface area contributed by atoms with Crippen LogP contribution in [-0.2, 0) is 17.9 Å². The highest BCUT2D eigenvalue weighted by Gasteiger charge is 2.23. The first-order valence-electron chi connectivity index (χ1n) is 10.5. The molecule has 7 heteroatoms. The number of rotatable bonds is 8. The van der Waals surface area contributed by atoms with Gasteiger partial charge < -0.3 is 14.4 Å². The SMILES string of the molecule is COc1cc(C)c(CN2CCN(C(=O)CN(C)Cc3ccccc3F)CC2)cc1OC. The van der Waals surface area contributed by atoms with E-state index in [0.29, 0.717) is 25.2 Å². The van der Waals surface area contributed by atoms with Gasteiger partial charge in [-0.05, 0) is 43.3 Å². The Morgan fingerprint density at radius 3 is 2.32 bits per heavy atom. The van der Waals surface area contributed by atoms with Crippen LogP contribution in [0.1, 0.15) is 16.7 Å². The van der Waals surface area contributed by atoms with E-state index >= 15 is 0 Å². The van der Waals surface area contributed by atoms with Gasteiger partial charge in [0, 0.05) is 44.8 Å². The second-order valence-electron chi connectivity index (χ2n) is 8.05. The molecule has 0 spiro atoms. The number of likely N-dealkylation sites (N-methyl/N-ethyl adjacent to an activating group) is 1. The summed E-state index contributed by atoms with van der Waals surface area (Å²) in [7, 11) is 5.13. The smallest absolute Gasteiger partial charge is 0.236 e. The molecule has 0 aromatic heterocycles. The molecule has 0 atom stereocenters. The van der Waals surface area contributed by atoms with Gasteiger partial charge in [-0.3, -0.25) is 14.6 Å². The molecule has 2 aromatic rings. The van der Waals surface area contributed by atoms with Gasteiger partial charge in [0.05, 0.1) is 20.8 Å². The Morgan fingerprint density at radius 2 is 1.68 bits per heavy atom. The molecule has 31 heavy (non-hydrogen) atoms. The molecule has 168 valence electrons. The fourth-order valence-electron chi connectivity index (χ4n) is 3.89. The number of nitrogens with zero attached hydrogens (tertiary/aromatic N) is 3. The first-order chi connectivity index (χ1) is 14.9. The number of amides is 1. The molecule has 0 unspecified atom stereocenters. The molecule has 1 heterocycles. The van der Waals surface area contributed by atoms with Gasteiger partial charge in [0.1, 0.15) is 5.82 Å². The highest BCUT2D eigenvalue weighted by molar-refractivity contribution is 5.78. The minimum Gasteiger partial charge on any atom is -0.493 e.